The maximum absolute atomic E-state index is 12.1. The minimum absolute atomic E-state index is 0.0217. The van der Waals surface area contributed by atoms with E-state index in [9.17, 15) is 9.59 Å². The van der Waals surface area contributed by atoms with E-state index in [4.69, 9.17) is 27.9 Å². The van der Waals surface area contributed by atoms with Gasteiger partial charge >= 0.3 is 0 Å². The van der Waals surface area contributed by atoms with E-state index in [2.05, 4.69) is 0 Å². The predicted octanol–water partition coefficient (Wildman–Crippen LogP) is 3.27. The first-order valence-corrected chi connectivity index (χ1v) is 7.91. The van der Waals surface area contributed by atoms with Crippen LogP contribution in [0.4, 0.5) is 0 Å². The molecule has 1 saturated heterocycles. The van der Waals surface area contributed by atoms with Crippen molar-refractivity contribution in [2.45, 2.75) is 25.8 Å². The van der Waals surface area contributed by atoms with E-state index >= 15 is 0 Å². The number of hydrogen-bond acceptors (Lipinski definition) is 4. The van der Waals surface area contributed by atoms with Gasteiger partial charge in [0.25, 0.3) is 0 Å². The average molecular weight is 336 g/mol. The third-order valence-corrected chi connectivity index (χ3v) is 4.70. The summed E-state index contributed by atoms with van der Waals surface area (Å²) in [5.74, 6) is -0.168. The fraction of sp³-hybridized carbons (Fsp3) is 0.538. The smallest absolute Gasteiger partial charge is 0.223 e. The average Bonchev–Trinajstić information content (AvgIpc) is 2.75. The molecular formula is C13H15Cl2NO3S. The Bertz CT molecular complexity index is 518. The van der Waals surface area contributed by atoms with Crippen LogP contribution in [-0.4, -0.2) is 42.4 Å². The second-order valence-corrected chi connectivity index (χ2v) is 6.96. The Morgan fingerprint density at radius 2 is 2.20 bits per heavy atom. The number of ether oxygens (including phenoxy) is 1. The molecule has 0 saturated carbocycles. The number of amides is 1. The molecule has 1 amide bonds. The maximum Gasteiger partial charge on any atom is 0.223 e. The molecule has 1 aliphatic heterocycles. The fourth-order valence-corrected chi connectivity index (χ4v) is 3.63. The molecular weight excluding hydrogens is 321 g/mol. The summed E-state index contributed by atoms with van der Waals surface area (Å²) in [6.07, 6.45) is 0.336. The normalized spacial score (nSPS) is 19.1. The van der Waals surface area contributed by atoms with Gasteiger partial charge in [0.15, 0.2) is 5.78 Å². The van der Waals surface area contributed by atoms with Crippen LogP contribution in [0.15, 0.2) is 6.07 Å². The molecule has 1 aliphatic rings. The van der Waals surface area contributed by atoms with Gasteiger partial charge in [-0.1, -0.05) is 23.2 Å². The number of hydrogen-bond donors (Lipinski definition) is 0. The van der Waals surface area contributed by atoms with E-state index < -0.39 is 0 Å². The van der Waals surface area contributed by atoms with Crippen molar-refractivity contribution in [1.82, 2.24) is 4.90 Å². The molecule has 1 atom stereocenters. The van der Waals surface area contributed by atoms with Gasteiger partial charge in [-0.15, -0.1) is 11.3 Å². The Morgan fingerprint density at radius 1 is 1.45 bits per heavy atom. The van der Waals surface area contributed by atoms with E-state index in [0.29, 0.717) is 34.0 Å². The van der Waals surface area contributed by atoms with Gasteiger partial charge in [0.2, 0.25) is 5.91 Å². The van der Waals surface area contributed by atoms with E-state index in [1.807, 2.05) is 6.92 Å². The van der Waals surface area contributed by atoms with Crippen LogP contribution >= 0.6 is 34.5 Å². The first-order chi connectivity index (χ1) is 9.49. The largest absolute Gasteiger partial charge is 0.377 e. The molecule has 2 rings (SSSR count). The summed E-state index contributed by atoms with van der Waals surface area (Å²) in [5, 5.41) is 0. The lowest BCUT2D eigenvalue weighted by Crippen LogP contribution is -2.47. The second-order valence-electron chi connectivity index (χ2n) is 4.67. The van der Waals surface area contributed by atoms with Gasteiger partial charge in [0.1, 0.15) is 4.34 Å². The lowest BCUT2D eigenvalue weighted by Gasteiger charge is -2.33. The Morgan fingerprint density at radius 3 is 2.80 bits per heavy atom. The van der Waals surface area contributed by atoms with Crippen molar-refractivity contribution in [1.29, 1.82) is 0 Å². The summed E-state index contributed by atoms with van der Waals surface area (Å²) < 4.78 is 6.14. The molecule has 0 N–H and O–H groups in total. The van der Waals surface area contributed by atoms with Gasteiger partial charge < -0.3 is 9.64 Å². The lowest BCUT2D eigenvalue weighted by molar-refractivity contribution is -0.139. The number of morpholine rings is 1. The zero-order valence-electron chi connectivity index (χ0n) is 11.0. The fourth-order valence-electron chi connectivity index (χ4n) is 2.13. The van der Waals surface area contributed by atoms with Crippen molar-refractivity contribution in [3.63, 3.8) is 0 Å². The molecule has 0 aliphatic carbocycles. The topological polar surface area (TPSA) is 46.6 Å². The number of ketones is 1. The second kappa shape index (κ2) is 6.89. The molecule has 110 valence electrons. The van der Waals surface area contributed by atoms with Gasteiger partial charge in [-0.3, -0.25) is 9.59 Å². The Kier molecular flexibility index (Phi) is 5.43. The molecule has 0 bridgehead atoms. The molecule has 1 aromatic rings. The van der Waals surface area contributed by atoms with Crippen LogP contribution in [-0.2, 0) is 9.53 Å². The third-order valence-electron chi connectivity index (χ3n) is 3.21. The predicted molar refractivity (Wildman–Crippen MR) is 79.9 cm³/mol. The van der Waals surface area contributed by atoms with Gasteiger partial charge in [-0.25, -0.2) is 0 Å². The number of carbonyl (C=O) groups excluding carboxylic acids is 2. The van der Waals surface area contributed by atoms with E-state index in [1.54, 1.807) is 11.0 Å². The van der Waals surface area contributed by atoms with Crippen LogP contribution in [0.1, 0.15) is 30.1 Å². The van der Waals surface area contributed by atoms with Crippen LogP contribution < -0.4 is 0 Å². The maximum atomic E-state index is 12.1. The highest BCUT2D eigenvalue weighted by Crippen LogP contribution is 2.32. The lowest BCUT2D eigenvalue weighted by atomic mass is 10.1. The van der Waals surface area contributed by atoms with Crippen LogP contribution in [0.5, 0.6) is 0 Å². The monoisotopic (exact) mass is 335 g/mol. The van der Waals surface area contributed by atoms with Crippen molar-refractivity contribution in [2.24, 2.45) is 0 Å². The van der Waals surface area contributed by atoms with Crippen molar-refractivity contribution in [3.8, 4) is 0 Å². The molecule has 0 spiro atoms. The van der Waals surface area contributed by atoms with Crippen LogP contribution in [0.2, 0.25) is 8.67 Å². The van der Waals surface area contributed by atoms with Gasteiger partial charge in [0, 0.05) is 24.9 Å². The van der Waals surface area contributed by atoms with Crippen LogP contribution in [0, 0.1) is 0 Å². The van der Waals surface area contributed by atoms with E-state index in [0.717, 1.165) is 11.3 Å². The van der Waals surface area contributed by atoms with Crippen molar-refractivity contribution >= 4 is 46.2 Å². The highest BCUT2D eigenvalue weighted by molar-refractivity contribution is 7.20. The standard InChI is InChI=1S/C13H15Cl2NO3S/c1-8-7-19-5-4-16(8)12(18)3-2-10(17)9-6-11(14)20-13(9)15/h6,8H,2-5,7H2,1H3/t8-/m0/s1. The number of Topliss-reactive ketones (excluding diaryl/α,β-unsaturated/α-hetero) is 1. The van der Waals surface area contributed by atoms with Crippen molar-refractivity contribution < 1.29 is 14.3 Å². The van der Waals surface area contributed by atoms with E-state index in [-0.39, 0.29) is 30.6 Å². The number of thiophene rings is 1. The molecule has 1 aromatic heterocycles. The molecule has 0 unspecified atom stereocenters. The highest BCUT2D eigenvalue weighted by atomic mass is 35.5. The van der Waals surface area contributed by atoms with Gasteiger partial charge in [0.05, 0.1) is 23.6 Å². The molecule has 20 heavy (non-hydrogen) atoms. The summed E-state index contributed by atoms with van der Waals surface area (Å²) in [5.41, 5.74) is 0.407. The summed E-state index contributed by atoms with van der Waals surface area (Å²) >= 11 is 12.9. The molecule has 4 nitrogen and oxygen atoms in total. The summed E-state index contributed by atoms with van der Waals surface area (Å²) in [7, 11) is 0. The van der Waals surface area contributed by atoms with Gasteiger partial charge in [-0.05, 0) is 13.0 Å². The SMILES string of the molecule is C[C@H]1COCCN1C(=O)CCC(=O)c1cc(Cl)sc1Cl. The molecule has 0 aromatic carbocycles. The molecule has 1 fully saturated rings. The minimum Gasteiger partial charge on any atom is -0.377 e. The minimum atomic E-state index is -0.146. The first kappa shape index (κ1) is 15.8. The number of carbonyl (C=O) groups is 2. The summed E-state index contributed by atoms with van der Waals surface area (Å²) in [6.45, 7) is 3.62. The number of halogens is 2. The molecule has 0 radical (unpaired) electrons. The van der Waals surface area contributed by atoms with Crippen LogP contribution in [0.25, 0.3) is 0 Å². The number of nitrogens with zero attached hydrogens (tertiary/aromatic N) is 1. The molecule has 7 heteroatoms. The van der Waals surface area contributed by atoms with E-state index in [1.165, 1.54) is 0 Å². The highest BCUT2D eigenvalue weighted by Gasteiger charge is 2.24. The first-order valence-electron chi connectivity index (χ1n) is 6.34. The van der Waals surface area contributed by atoms with Crippen LogP contribution in [0.3, 0.4) is 0 Å². The zero-order chi connectivity index (χ0) is 14.7. The van der Waals surface area contributed by atoms with Crippen molar-refractivity contribution in [2.75, 3.05) is 19.8 Å². The third kappa shape index (κ3) is 3.73. The summed E-state index contributed by atoms with van der Waals surface area (Å²) in [6, 6.07) is 1.61. The van der Waals surface area contributed by atoms with Gasteiger partial charge in [-0.2, -0.15) is 0 Å². The number of rotatable bonds is 4. The summed E-state index contributed by atoms with van der Waals surface area (Å²) in [4.78, 5) is 25.9. The molecule has 2 heterocycles. The Balaban J connectivity index is 1.90. The van der Waals surface area contributed by atoms with Crippen molar-refractivity contribution in [3.05, 3.63) is 20.3 Å². The zero-order valence-corrected chi connectivity index (χ0v) is 13.4. The Hall–Kier alpha value is -0.620. The quantitative estimate of drug-likeness (QED) is 0.793. The Labute approximate surface area is 131 Å².